The molecule has 0 aromatic heterocycles. The van der Waals surface area contributed by atoms with Crippen LogP contribution in [0.5, 0.6) is 0 Å². The molecule has 1 fully saturated rings. The summed E-state index contributed by atoms with van der Waals surface area (Å²) in [5, 5.41) is 5.77. The second-order valence-corrected chi connectivity index (χ2v) is 2.88. The van der Waals surface area contributed by atoms with Gasteiger partial charge in [-0.25, -0.2) is 0 Å². The van der Waals surface area contributed by atoms with Crippen LogP contribution in [0.4, 0.5) is 0 Å². The van der Waals surface area contributed by atoms with Gasteiger partial charge in [-0.15, -0.1) is 0 Å². The maximum absolute atomic E-state index is 11.1. The molecule has 1 aliphatic rings. The molecule has 1 aliphatic heterocycles. The lowest BCUT2D eigenvalue weighted by atomic mass is 10.2. The largest absolute Gasteiger partial charge is 0.358 e. The van der Waals surface area contributed by atoms with Crippen molar-refractivity contribution in [1.29, 1.82) is 0 Å². The molecule has 0 unspecified atom stereocenters. The van der Waals surface area contributed by atoms with Crippen LogP contribution in [0.1, 0.15) is 0 Å². The highest BCUT2D eigenvalue weighted by Gasteiger charge is 2.21. The van der Waals surface area contributed by atoms with Gasteiger partial charge in [0.05, 0.1) is 6.04 Å². The first-order valence-electron chi connectivity index (χ1n) is 3.87. The van der Waals surface area contributed by atoms with Crippen molar-refractivity contribution < 1.29 is 4.79 Å². The third kappa shape index (κ3) is 2.17. The Morgan fingerprint density at radius 2 is 2.45 bits per heavy atom. The minimum absolute atomic E-state index is 0.0289. The van der Waals surface area contributed by atoms with E-state index in [1.54, 1.807) is 7.05 Å². The Morgan fingerprint density at radius 3 is 3.00 bits per heavy atom. The minimum Gasteiger partial charge on any atom is -0.358 e. The van der Waals surface area contributed by atoms with Crippen LogP contribution in [-0.2, 0) is 4.79 Å². The second kappa shape index (κ2) is 3.69. The van der Waals surface area contributed by atoms with E-state index in [1.807, 2.05) is 7.05 Å². The van der Waals surface area contributed by atoms with Gasteiger partial charge in [-0.2, -0.15) is 0 Å². The van der Waals surface area contributed by atoms with Crippen molar-refractivity contribution in [2.24, 2.45) is 0 Å². The summed E-state index contributed by atoms with van der Waals surface area (Å²) in [6.07, 6.45) is 0. The van der Waals surface area contributed by atoms with Crippen LogP contribution >= 0.6 is 0 Å². The number of nitrogens with one attached hydrogen (secondary N) is 2. The summed E-state index contributed by atoms with van der Waals surface area (Å²) in [6.45, 7) is 2.72. The minimum atomic E-state index is -0.0289. The van der Waals surface area contributed by atoms with E-state index in [4.69, 9.17) is 0 Å². The van der Waals surface area contributed by atoms with Crippen LogP contribution in [0.15, 0.2) is 0 Å². The Balaban J connectivity index is 2.39. The molecule has 0 aliphatic carbocycles. The predicted octanol–water partition coefficient (Wildman–Crippen LogP) is -1.36. The van der Waals surface area contributed by atoms with Gasteiger partial charge in [-0.3, -0.25) is 4.79 Å². The summed E-state index contributed by atoms with van der Waals surface area (Å²) in [5.74, 6) is 0.0801. The summed E-state index contributed by atoms with van der Waals surface area (Å²) in [6, 6.07) is -0.0289. The normalized spacial score (nSPS) is 26.5. The Kier molecular flexibility index (Phi) is 2.84. The highest BCUT2D eigenvalue weighted by atomic mass is 16.2. The number of hydrogen-bond donors (Lipinski definition) is 2. The topological polar surface area (TPSA) is 44.4 Å². The first-order valence-corrected chi connectivity index (χ1v) is 3.87. The number of hydrogen-bond acceptors (Lipinski definition) is 3. The van der Waals surface area contributed by atoms with Gasteiger partial charge in [0.15, 0.2) is 0 Å². The van der Waals surface area contributed by atoms with Crippen molar-refractivity contribution in [1.82, 2.24) is 15.5 Å². The van der Waals surface area contributed by atoms with Crippen LogP contribution in [0.2, 0.25) is 0 Å². The summed E-state index contributed by atoms with van der Waals surface area (Å²) >= 11 is 0. The molecule has 11 heavy (non-hydrogen) atoms. The van der Waals surface area contributed by atoms with E-state index in [1.165, 1.54) is 0 Å². The van der Waals surface area contributed by atoms with Crippen LogP contribution in [0, 0.1) is 0 Å². The van der Waals surface area contributed by atoms with E-state index in [-0.39, 0.29) is 11.9 Å². The zero-order valence-electron chi connectivity index (χ0n) is 7.05. The van der Waals surface area contributed by atoms with Gasteiger partial charge in [0.2, 0.25) is 5.91 Å². The molecule has 1 heterocycles. The lowest BCUT2D eigenvalue weighted by Gasteiger charge is -2.29. The Hall–Kier alpha value is -0.610. The van der Waals surface area contributed by atoms with Crippen LogP contribution in [0.3, 0.4) is 0 Å². The Labute approximate surface area is 66.9 Å². The summed E-state index contributed by atoms with van der Waals surface area (Å²) in [7, 11) is 3.69. The predicted molar refractivity (Wildman–Crippen MR) is 43.4 cm³/mol. The molecule has 1 rings (SSSR count). The number of nitrogens with zero attached hydrogens (tertiary/aromatic N) is 1. The number of carbonyl (C=O) groups is 1. The van der Waals surface area contributed by atoms with Gasteiger partial charge in [0.1, 0.15) is 0 Å². The van der Waals surface area contributed by atoms with Gasteiger partial charge >= 0.3 is 0 Å². The van der Waals surface area contributed by atoms with E-state index < -0.39 is 0 Å². The average molecular weight is 157 g/mol. The van der Waals surface area contributed by atoms with E-state index in [9.17, 15) is 4.79 Å². The summed E-state index contributed by atoms with van der Waals surface area (Å²) in [4.78, 5) is 13.3. The smallest absolute Gasteiger partial charge is 0.238 e. The Bertz CT molecular complexity index is 149. The second-order valence-electron chi connectivity index (χ2n) is 2.88. The molecule has 0 aromatic rings. The first-order chi connectivity index (χ1) is 5.24. The van der Waals surface area contributed by atoms with Crippen molar-refractivity contribution >= 4 is 5.91 Å². The number of piperazine rings is 1. The lowest BCUT2D eigenvalue weighted by molar-refractivity contribution is -0.123. The number of amides is 1. The maximum Gasteiger partial charge on any atom is 0.238 e. The van der Waals surface area contributed by atoms with E-state index >= 15 is 0 Å². The molecule has 64 valence electrons. The van der Waals surface area contributed by atoms with Crippen LogP contribution in [0.25, 0.3) is 0 Å². The highest BCUT2D eigenvalue weighted by Crippen LogP contribution is 1.94. The molecular formula is C7H15N3O. The fourth-order valence-electron chi connectivity index (χ4n) is 1.25. The fraction of sp³-hybridized carbons (Fsp3) is 0.857. The standard InChI is InChI=1S/C7H15N3O/c1-8-7(11)6-5-10(2)4-3-9-6/h6,9H,3-5H2,1-2H3,(H,8,11)/t6-/m1/s1. The Morgan fingerprint density at radius 1 is 1.73 bits per heavy atom. The van der Waals surface area contributed by atoms with Gasteiger partial charge in [-0.05, 0) is 7.05 Å². The quantitative estimate of drug-likeness (QED) is 0.494. The van der Waals surface area contributed by atoms with E-state index in [2.05, 4.69) is 15.5 Å². The van der Waals surface area contributed by atoms with Gasteiger partial charge in [0.25, 0.3) is 0 Å². The van der Waals surface area contributed by atoms with E-state index in [0.29, 0.717) is 0 Å². The molecule has 0 saturated carbocycles. The van der Waals surface area contributed by atoms with Gasteiger partial charge < -0.3 is 15.5 Å². The van der Waals surface area contributed by atoms with Crippen molar-refractivity contribution in [3.05, 3.63) is 0 Å². The SMILES string of the molecule is CNC(=O)[C@H]1CN(C)CCN1. The number of rotatable bonds is 1. The lowest BCUT2D eigenvalue weighted by Crippen LogP contribution is -2.55. The fourth-order valence-corrected chi connectivity index (χ4v) is 1.25. The third-order valence-electron chi connectivity index (χ3n) is 1.94. The zero-order chi connectivity index (χ0) is 8.27. The molecule has 1 saturated heterocycles. The molecule has 0 bridgehead atoms. The van der Waals surface area contributed by atoms with Crippen molar-refractivity contribution in [2.45, 2.75) is 6.04 Å². The molecule has 0 aromatic carbocycles. The van der Waals surface area contributed by atoms with Crippen molar-refractivity contribution in [2.75, 3.05) is 33.7 Å². The van der Waals surface area contributed by atoms with Crippen LogP contribution < -0.4 is 10.6 Å². The molecular weight excluding hydrogens is 142 g/mol. The molecule has 0 spiro atoms. The number of carbonyl (C=O) groups excluding carboxylic acids is 1. The molecule has 4 heteroatoms. The van der Waals surface area contributed by atoms with Gasteiger partial charge in [0, 0.05) is 26.7 Å². The van der Waals surface area contributed by atoms with Crippen LogP contribution in [-0.4, -0.2) is 50.6 Å². The summed E-state index contributed by atoms with van der Waals surface area (Å²) in [5.41, 5.74) is 0. The molecule has 0 radical (unpaired) electrons. The average Bonchev–Trinajstić information content (AvgIpc) is 2.03. The maximum atomic E-state index is 11.1. The molecule has 1 atom stereocenters. The summed E-state index contributed by atoms with van der Waals surface area (Å²) < 4.78 is 0. The highest BCUT2D eigenvalue weighted by molar-refractivity contribution is 5.81. The molecule has 1 amide bonds. The van der Waals surface area contributed by atoms with Gasteiger partial charge in [-0.1, -0.05) is 0 Å². The number of likely N-dealkylation sites (N-methyl/N-ethyl adjacent to an activating group) is 2. The zero-order valence-corrected chi connectivity index (χ0v) is 7.05. The van der Waals surface area contributed by atoms with E-state index in [0.717, 1.165) is 19.6 Å². The monoisotopic (exact) mass is 157 g/mol. The van der Waals surface area contributed by atoms with Crippen molar-refractivity contribution in [3.8, 4) is 0 Å². The van der Waals surface area contributed by atoms with Crippen molar-refractivity contribution in [3.63, 3.8) is 0 Å². The first kappa shape index (κ1) is 8.49. The third-order valence-corrected chi connectivity index (χ3v) is 1.94. The molecule has 2 N–H and O–H groups in total. The molecule has 4 nitrogen and oxygen atoms in total.